The summed E-state index contributed by atoms with van der Waals surface area (Å²) in [5.74, 6) is -1.53. The molecule has 3 aromatic carbocycles. The highest BCUT2D eigenvalue weighted by atomic mass is 79.9. The van der Waals surface area contributed by atoms with Gasteiger partial charge in [0.25, 0.3) is 5.91 Å². The summed E-state index contributed by atoms with van der Waals surface area (Å²) in [6.07, 6.45) is 1.55. The number of hydrogen-bond donors (Lipinski definition) is 2. The first-order chi connectivity index (χ1) is 17.4. The van der Waals surface area contributed by atoms with Crippen molar-refractivity contribution in [1.82, 2.24) is 4.90 Å². The van der Waals surface area contributed by atoms with Crippen molar-refractivity contribution in [3.8, 4) is 0 Å². The molecule has 4 heterocycles. The average molecular weight is 563 g/mol. The van der Waals surface area contributed by atoms with Crippen molar-refractivity contribution < 1.29 is 14.4 Å². The van der Waals surface area contributed by atoms with Gasteiger partial charge >= 0.3 is 0 Å². The Labute approximate surface area is 221 Å². The number of halogens is 2. The van der Waals surface area contributed by atoms with E-state index in [2.05, 4.69) is 31.5 Å². The molecule has 0 saturated carbocycles. The smallest absolute Gasteiger partial charge is 0.251 e. The second-order valence-corrected chi connectivity index (χ2v) is 11.2. The Morgan fingerprint density at radius 2 is 1.69 bits per heavy atom. The Bertz CT molecular complexity index is 1490. The number of hydrogen-bond acceptors (Lipinski definition) is 4. The molecule has 4 aliphatic rings. The van der Waals surface area contributed by atoms with E-state index in [1.165, 1.54) is 0 Å². The first-order valence-electron chi connectivity index (χ1n) is 12.0. The Morgan fingerprint density at radius 1 is 0.944 bits per heavy atom. The number of amides is 2. The number of carbonyl (C=O) groups is 3. The maximum atomic E-state index is 14.5. The lowest BCUT2D eigenvalue weighted by Gasteiger charge is -2.43. The minimum atomic E-state index is -1.46. The quantitative estimate of drug-likeness (QED) is 0.425. The van der Waals surface area contributed by atoms with E-state index in [9.17, 15) is 14.4 Å². The van der Waals surface area contributed by atoms with Gasteiger partial charge in [0.1, 0.15) is 11.0 Å². The number of anilines is 2. The molecule has 4 aliphatic heterocycles. The summed E-state index contributed by atoms with van der Waals surface area (Å²) in [6.45, 7) is 0.603. The molecule has 8 heteroatoms. The Hall–Kier alpha value is -3.00. The van der Waals surface area contributed by atoms with E-state index in [4.69, 9.17) is 11.6 Å². The molecule has 2 spiro atoms. The van der Waals surface area contributed by atoms with E-state index in [1.54, 1.807) is 18.2 Å². The predicted octanol–water partition coefficient (Wildman–Crippen LogP) is 5.12. The molecule has 0 aromatic heterocycles. The van der Waals surface area contributed by atoms with Crippen LogP contribution in [0.1, 0.15) is 34.3 Å². The van der Waals surface area contributed by atoms with Crippen LogP contribution in [0.4, 0.5) is 11.4 Å². The summed E-state index contributed by atoms with van der Waals surface area (Å²) in [5.41, 5.74) is 0.156. The van der Waals surface area contributed by atoms with E-state index in [1.807, 2.05) is 48.5 Å². The minimum absolute atomic E-state index is 0.133. The predicted molar refractivity (Wildman–Crippen MR) is 140 cm³/mol. The van der Waals surface area contributed by atoms with Crippen LogP contribution in [0.3, 0.4) is 0 Å². The zero-order valence-corrected chi connectivity index (χ0v) is 21.4. The number of para-hydroxylation sites is 2. The van der Waals surface area contributed by atoms with Crippen molar-refractivity contribution in [2.75, 3.05) is 17.2 Å². The van der Waals surface area contributed by atoms with Crippen LogP contribution in [0.15, 0.2) is 71.2 Å². The second kappa shape index (κ2) is 7.51. The lowest BCUT2D eigenvalue weighted by Crippen LogP contribution is -2.62. The van der Waals surface area contributed by atoms with Gasteiger partial charge in [-0.1, -0.05) is 70.0 Å². The van der Waals surface area contributed by atoms with Gasteiger partial charge in [-0.25, -0.2) is 0 Å². The van der Waals surface area contributed by atoms with Crippen molar-refractivity contribution in [2.24, 2.45) is 5.92 Å². The number of ketones is 1. The summed E-state index contributed by atoms with van der Waals surface area (Å²) in [5, 5.41) is 6.47. The van der Waals surface area contributed by atoms with Crippen LogP contribution in [0, 0.1) is 5.92 Å². The Morgan fingerprint density at radius 3 is 2.50 bits per heavy atom. The van der Waals surface area contributed by atoms with Crippen molar-refractivity contribution in [3.05, 3.63) is 92.9 Å². The van der Waals surface area contributed by atoms with Crippen molar-refractivity contribution >= 4 is 56.5 Å². The van der Waals surface area contributed by atoms with Crippen molar-refractivity contribution in [1.29, 1.82) is 0 Å². The second-order valence-electron chi connectivity index (χ2n) is 9.89. The summed E-state index contributed by atoms with van der Waals surface area (Å²) in [7, 11) is 0. The third kappa shape index (κ3) is 2.44. The fourth-order valence-corrected chi connectivity index (χ4v) is 7.85. The average Bonchev–Trinajstić information content (AvgIpc) is 3.59. The standard InChI is InChI=1S/C28H21BrClN3O3/c29-16-12-10-15(11-13-16)24(34)22-21-9-4-14-33(21)28(18-6-3-7-19(30)23(18)32-26(28)36)27(22)17-5-1-2-8-20(17)31-25(27)35/h1-3,5-8,10-13,21-22H,4,9,14H2,(H,31,35)(H,32,36). The molecule has 180 valence electrons. The molecule has 2 saturated heterocycles. The highest BCUT2D eigenvalue weighted by Crippen LogP contribution is 2.68. The van der Waals surface area contributed by atoms with Gasteiger partial charge in [-0.05, 0) is 49.2 Å². The van der Waals surface area contributed by atoms with Crippen LogP contribution in [0.2, 0.25) is 5.02 Å². The van der Waals surface area contributed by atoms with Crippen LogP contribution in [0.5, 0.6) is 0 Å². The molecule has 6 nitrogen and oxygen atoms in total. The van der Waals surface area contributed by atoms with Gasteiger partial charge in [-0.15, -0.1) is 0 Å². The first-order valence-corrected chi connectivity index (χ1v) is 13.2. The van der Waals surface area contributed by atoms with Crippen molar-refractivity contribution in [3.63, 3.8) is 0 Å². The molecule has 36 heavy (non-hydrogen) atoms. The molecule has 4 unspecified atom stereocenters. The largest absolute Gasteiger partial charge is 0.325 e. The molecule has 7 rings (SSSR count). The third-order valence-electron chi connectivity index (χ3n) is 8.49. The van der Waals surface area contributed by atoms with E-state index in [-0.39, 0.29) is 23.6 Å². The van der Waals surface area contributed by atoms with E-state index >= 15 is 0 Å². The summed E-state index contributed by atoms with van der Waals surface area (Å²) in [4.78, 5) is 45.3. The zero-order valence-electron chi connectivity index (χ0n) is 19.1. The molecule has 0 aliphatic carbocycles. The number of Topliss-reactive ketones (excluding diaryl/α,β-unsaturated/α-hetero) is 1. The van der Waals surface area contributed by atoms with Crippen LogP contribution < -0.4 is 10.6 Å². The number of rotatable bonds is 2. The van der Waals surface area contributed by atoms with Gasteiger partial charge in [0.05, 0.1) is 16.6 Å². The molecule has 0 radical (unpaired) electrons. The van der Waals surface area contributed by atoms with Crippen LogP contribution in [-0.2, 0) is 20.5 Å². The van der Waals surface area contributed by atoms with Gasteiger partial charge < -0.3 is 10.6 Å². The topological polar surface area (TPSA) is 78.5 Å². The molecule has 2 N–H and O–H groups in total. The number of nitrogens with one attached hydrogen (secondary N) is 2. The van der Waals surface area contributed by atoms with E-state index in [0.717, 1.165) is 17.3 Å². The van der Waals surface area contributed by atoms with Crippen LogP contribution >= 0.6 is 27.5 Å². The van der Waals surface area contributed by atoms with Crippen LogP contribution in [-0.4, -0.2) is 35.1 Å². The van der Waals surface area contributed by atoms with Crippen LogP contribution in [0.25, 0.3) is 0 Å². The normalized spacial score (nSPS) is 29.8. The van der Waals surface area contributed by atoms with Gasteiger partial charge in [-0.3, -0.25) is 19.3 Å². The molecule has 2 amide bonds. The molecular weight excluding hydrogens is 542 g/mol. The summed E-state index contributed by atoms with van der Waals surface area (Å²) in [6, 6.07) is 19.8. The molecular formula is C28H21BrClN3O3. The SMILES string of the molecule is O=C(c1ccc(Br)cc1)C1C2CCCN2C2(C(=O)Nc3c(Cl)cccc32)C12C(=O)Nc1ccccc12. The summed E-state index contributed by atoms with van der Waals surface area (Å²) >= 11 is 10.0. The molecule has 3 aromatic rings. The number of nitrogens with zero attached hydrogens (tertiary/aromatic N) is 1. The highest BCUT2D eigenvalue weighted by Gasteiger charge is 2.81. The Kier molecular flexibility index (Phi) is 4.63. The number of benzene rings is 3. The van der Waals surface area contributed by atoms with Crippen molar-refractivity contribution in [2.45, 2.75) is 29.8 Å². The molecule has 2 fully saturated rings. The first kappa shape index (κ1) is 22.2. The number of fused-ring (bicyclic) bond motifs is 7. The van der Waals surface area contributed by atoms with E-state index < -0.39 is 16.9 Å². The molecule has 4 atom stereocenters. The lowest BCUT2D eigenvalue weighted by molar-refractivity contribution is -0.137. The zero-order chi connectivity index (χ0) is 24.8. The highest BCUT2D eigenvalue weighted by molar-refractivity contribution is 9.10. The van der Waals surface area contributed by atoms with Gasteiger partial charge in [0.15, 0.2) is 5.78 Å². The summed E-state index contributed by atoms with van der Waals surface area (Å²) < 4.78 is 0.863. The third-order valence-corrected chi connectivity index (χ3v) is 9.34. The van der Waals surface area contributed by atoms with Gasteiger partial charge in [0, 0.05) is 27.3 Å². The fraction of sp³-hybridized carbons (Fsp3) is 0.250. The fourth-order valence-electron chi connectivity index (χ4n) is 7.36. The number of carbonyl (C=O) groups excluding carboxylic acids is 3. The van der Waals surface area contributed by atoms with E-state index in [0.29, 0.717) is 39.6 Å². The lowest BCUT2D eigenvalue weighted by atomic mass is 9.57. The Balaban J connectivity index is 1.59. The van der Waals surface area contributed by atoms with Gasteiger partial charge in [-0.2, -0.15) is 0 Å². The maximum absolute atomic E-state index is 14.5. The van der Waals surface area contributed by atoms with Gasteiger partial charge in [0.2, 0.25) is 5.91 Å². The molecule has 0 bridgehead atoms. The minimum Gasteiger partial charge on any atom is -0.325 e. The maximum Gasteiger partial charge on any atom is 0.251 e. The monoisotopic (exact) mass is 561 g/mol.